The molecule has 0 unspecified atom stereocenters. The molecule has 8 heteroatoms. The van der Waals surface area contributed by atoms with Crippen LogP contribution in [0.15, 0.2) is 101 Å². The highest BCUT2D eigenvalue weighted by molar-refractivity contribution is 9.10. The number of rotatable bonds is 7. The van der Waals surface area contributed by atoms with Crippen LogP contribution in [0.1, 0.15) is 0 Å². The van der Waals surface area contributed by atoms with Crippen molar-refractivity contribution in [3.05, 3.63) is 81.7 Å². The minimum Gasteiger partial charge on any atom is -0.507 e. The van der Waals surface area contributed by atoms with E-state index in [4.69, 9.17) is 9.47 Å². The third kappa shape index (κ3) is 5.35. The van der Waals surface area contributed by atoms with E-state index in [1.165, 1.54) is 23.5 Å². The summed E-state index contributed by atoms with van der Waals surface area (Å²) in [6.45, 7) is 0. The topological polar surface area (TPSA) is 58.9 Å². The van der Waals surface area contributed by atoms with Crippen LogP contribution in [0.25, 0.3) is 11.1 Å². The fraction of sp³-hybridized carbons (Fsp3) is 0.0769. The predicted octanol–water partition coefficient (Wildman–Crippen LogP) is 8.61. The molecule has 0 fully saturated rings. The van der Waals surface area contributed by atoms with E-state index in [1.54, 1.807) is 38.5 Å². The van der Waals surface area contributed by atoms with Crippen molar-refractivity contribution in [2.24, 2.45) is 0 Å². The SMILES string of the molecule is COc1cc(-c2cc(OC)c(Sc3ccccc3Br)cc2O)c(O)cc1Sc1ccccc1Br. The van der Waals surface area contributed by atoms with Gasteiger partial charge >= 0.3 is 0 Å². The molecule has 0 saturated heterocycles. The lowest BCUT2D eigenvalue weighted by Gasteiger charge is -2.16. The van der Waals surface area contributed by atoms with Crippen LogP contribution in [0.5, 0.6) is 23.0 Å². The van der Waals surface area contributed by atoms with Gasteiger partial charge in [0, 0.05) is 29.9 Å². The van der Waals surface area contributed by atoms with Gasteiger partial charge in [-0.05, 0) is 80.4 Å². The van der Waals surface area contributed by atoms with Crippen LogP contribution < -0.4 is 9.47 Å². The summed E-state index contributed by atoms with van der Waals surface area (Å²) in [5.74, 6) is 1.22. The van der Waals surface area contributed by atoms with Crippen molar-refractivity contribution in [1.82, 2.24) is 0 Å². The lowest BCUT2D eigenvalue weighted by atomic mass is 10.0. The highest BCUT2D eigenvalue weighted by Crippen LogP contribution is 2.48. The summed E-state index contributed by atoms with van der Waals surface area (Å²) in [5, 5.41) is 21.8. The number of hydrogen-bond donors (Lipinski definition) is 2. The van der Waals surface area contributed by atoms with Crippen molar-refractivity contribution in [3.8, 4) is 34.1 Å². The van der Waals surface area contributed by atoms with Gasteiger partial charge in [0.1, 0.15) is 23.0 Å². The second-order valence-electron chi connectivity index (χ2n) is 7.11. The number of aromatic hydroxyl groups is 2. The molecule has 0 aliphatic rings. The molecule has 0 aliphatic heterocycles. The van der Waals surface area contributed by atoms with Crippen LogP contribution >= 0.6 is 55.4 Å². The molecule has 0 aromatic heterocycles. The number of phenolic OH excluding ortho intramolecular Hbond substituents is 2. The van der Waals surface area contributed by atoms with E-state index in [2.05, 4.69) is 31.9 Å². The van der Waals surface area contributed by atoms with E-state index >= 15 is 0 Å². The van der Waals surface area contributed by atoms with Gasteiger partial charge in [-0.25, -0.2) is 0 Å². The fourth-order valence-electron chi connectivity index (χ4n) is 3.30. The molecular weight excluding hydrogens is 600 g/mol. The average molecular weight is 620 g/mol. The molecule has 0 bridgehead atoms. The minimum absolute atomic E-state index is 0.0268. The normalized spacial score (nSPS) is 10.8. The van der Waals surface area contributed by atoms with Crippen molar-refractivity contribution in [2.75, 3.05) is 14.2 Å². The molecule has 4 aromatic carbocycles. The summed E-state index contributed by atoms with van der Waals surface area (Å²) in [6, 6.07) is 22.4. The smallest absolute Gasteiger partial charge is 0.133 e. The zero-order chi connectivity index (χ0) is 24.2. The van der Waals surface area contributed by atoms with Crippen molar-refractivity contribution in [1.29, 1.82) is 0 Å². The number of ether oxygens (including phenoxy) is 2. The first kappa shape index (κ1) is 24.9. The molecule has 0 spiro atoms. The van der Waals surface area contributed by atoms with Crippen LogP contribution in [-0.4, -0.2) is 24.4 Å². The van der Waals surface area contributed by atoms with Crippen LogP contribution in [0, 0.1) is 0 Å². The van der Waals surface area contributed by atoms with E-state index in [1.807, 2.05) is 48.5 Å². The zero-order valence-electron chi connectivity index (χ0n) is 18.2. The van der Waals surface area contributed by atoms with Crippen molar-refractivity contribution in [3.63, 3.8) is 0 Å². The van der Waals surface area contributed by atoms with Gasteiger partial charge in [0.25, 0.3) is 0 Å². The van der Waals surface area contributed by atoms with Gasteiger partial charge in [-0.2, -0.15) is 0 Å². The molecule has 0 aliphatic carbocycles. The first-order valence-corrected chi connectivity index (χ1v) is 13.3. The van der Waals surface area contributed by atoms with Gasteiger partial charge in [-0.15, -0.1) is 0 Å². The van der Waals surface area contributed by atoms with Crippen LogP contribution in [0.4, 0.5) is 0 Å². The average Bonchev–Trinajstić information content (AvgIpc) is 2.83. The van der Waals surface area contributed by atoms with Gasteiger partial charge in [0.2, 0.25) is 0 Å². The van der Waals surface area contributed by atoms with Crippen LogP contribution in [-0.2, 0) is 0 Å². The molecular formula is C26H20Br2O4S2. The van der Waals surface area contributed by atoms with E-state index in [0.29, 0.717) is 22.6 Å². The van der Waals surface area contributed by atoms with Gasteiger partial charge < -0.3 is 19.7 Å². The second-order valence-corrected chi connectivity index (χ2v) is 11.0. The molecule has 0 saturated carbocycles. The summed E-state index contributed by atoms with van der Waals surface area (Å²) in [4.78, 5) is 3.49. The Morgan fingerprint density at radius 2 is 0.971 bits per heavy atom. The third-order valence-corrected chi connectivity index (χ3v) is 9.10. The lowest BCUT2D eigenvalue weighted by Crippen LogP contribution is -1.92. The molecule has 174 valence electrons. The van der Waals surface area contributed by atoms with E-state index < -0.39 is 0 Å². The molecule has 2 N–H and O–H groups in total. The molecule has 0 amide bonds. The van der Waals surface area contributed by atoms with E-state index in [-0.39, 0.29) is 11.5 Å². The van der Waals surface area contributed by atoms with E-state index in [0.717, 1.165) is 28.5 Å². The maximum Gasteiger partial charge on any atom is 0.133 e. The molecule has 0 radical (unpaired) electrons. The Labute approximate surface area is 223 Å². The predicted molar refractivity (Wildman–Crippen MR) is 145 cm³/mol. The number of phenols is 2. The van der Waals surface area contributed by atoms with Gasteiger partial charge in [-0.3, -0.25) is 0 Å². The fourth-order valence-corrected chi connectivity index (χ4v) is 6.28. The molecule has 0 heterocycles. The summed E-state index contributed by atoms with van der Waals surface area (Å²) < 4.78 is 13.1. The Morgan fingerprint density at radius 1 is 0.588 bits per heavy atom. The zero-order valence-corrected chi connectivity index (χ0v) is 23.0. The standard InChI is InChI=1S/C26H20Br2O4S2/c1-31-21-11-15(19(29)13-25(21)33-23-9-5-3-7-17(23)27)16-12-22(32-2)26(14-20(16)30)34-24-10-6-4-8-18(24)28/h3-14,29-30H,1-2H3. The maximum atomic E-state index is 10.9. The largest absolute Gasteiger partial charge is 0.507 e. The van der Waals surface area contributed by atoms with Gasteiger partial charge in [0.15, 0.2) is 0 Å². The summed E-state index contributed by atoms with van der Waals surface area (Å²) in [7, 11) is 3.16. The first-order valence-electron chi connectivity index (χ1n) is 10.1. The molecule has 4 rings (SSSR count). The Bertz CT molecular complexity index is 1240. The van der Waals surface area contributed by atoms with Gasteiger partial charge in [-0.1, -0.05) is 47.8 Å². The first-order chi connectivity index (χ1) is 16.4. The van der Waals surface area contributed by atoms with Crippen LogP contribution in [0.2, 0.25) is 0 Å². The lowest BCUT2D eigenvalue weighted by molar-refractivity contribution is 0.400. The quantitative estimate of drug-likeness (QED) is 0.216. The maximum absolute atomic E-state index is 10.9. The number of hydrogen-bond acceptors (Lipinski definition) is 6. The van der Waals surface area contributed by atoms with Gasteiger partial charge in [0.05, 0.1) is 24.0 Å². The second kappa shape index (κ2) is 11.0. The molecule has 4 aromatic rings. The number of methoxy groups -OCH3 is 2. The Kier molecular flexibility index (Phi) is 8.03. The van der Waals surface area contributed by atoms with E-state index in [9.17, 15) is 10.2 Å². The highest BCUT2D eigenvalue weighted by atomic mass is 79.9. The van der Waals surface area contributed by atoms with Crippen molar-refractivity contribution < 1.29 is 19.7 Å². The third-order valence-electron chi connectivity index (χ3n) is 4.97. The molecule has 34 heavy (non-hydrogen) atoms. The minimum atomic E-state index is 0.0268. The number of halogens is 2. The number of benzene rings is 4. The molecule has 4 nitrogen and oxygen atoms in total. The van der Waals surface area contributed by atoms with Crippen molar-refractivity contribution in [2.45, 2.75) is 19.6 Å². The van der Waals surface area contributed by atoms with Crippen LogP contribution in [0.3, 0.4) is 0 Å². The Balaban J connectivity index is 1.74. The summed E-state index contributed by atoms with van der Waals surface area (Å²) in [6.07, 6.45) is 0. The molecule has 0 atom stereocenters. The summed E-state index contributed by atoms with van der Waals surface area (Å²) >= 11 is 10.1. The Morgan fingerprint density at radius 3 is 1.32 bits per heavy atom. The monoisotopic (exact) mass is 618 g/mol. The van der Waals surface area contributed by atoms with Crippen molar-refractivity contribution >= 4 is 55.4 Å². The Hall–Kier alpha value is -2.26. The summed E-state index contributed by atoms with van der Waals surface area (Å²) in [5.41, 5.74) is 0.892. The highest BCUT2D eigenvalue weighted by Gasteiger charge is 2.19.